The van der Waals surface area contributed by atoms with Crippen LogP contribution in [-0.2, 0) is 0 Å². The zero-order valence-corrected chi connectivity index (χ0v) is 8.91. The Morgan fingerprint density at radius 1 is 1.33 bits per heavy atom. The number of hydrogen-bond donors (Lipinski definition) is 0. The largest absolute Gasteiger partial charge is 0.0571 e. The maximum Gasteiger partial charge on any atom is -0.00301 e. The van der Waals surface area contributed by atoms with Crippen LogP contribution in [-0.4, -0.2) is 4.86 Å². The van der Waals surface area contributed by atoms with E-state index in [0.29, 0.717) is 7.95 Å². The van der Waals surface area contributed by atoms with Crippen molar-refractivity contribution in [1.82, 2.24) is 0 Å². The minimum Gasteiger partial charge on any atom is -0.0571 e. The molecule has 0 nitrogen and oxygen atoms in total. The highest BCUT2D eigenvalue weighted by Crippen LogP contribution is 2.51. The van der Waals surface area contributed by atoms with Crippen LogP contribution < -0.4 is 0 Å². The molecule has 1 atom stereocenters. The van der Waals surface area contributed by atoms with Gasteiger partial charge in [-0.05, 0) is 50.9 Å². The average molecular weight is 225 g/mol. The van der Waals surface area contributed by atoms with Crippen molar-refractivity contribution in [3.05, 3.63) is 10.5 Å². The Balaban J connectivity index is 2.97. The summed E-state index contributed by atoms with van der Waals surface area (Å²) in [6, 6.07) is 0. The molecule has 0 saturated heterocycles. The van der Waals surface area contributed by atoms with Gasteiger partial charge in [0.1, 0.15) is 0 Å². The molecule has 0 fully saturated rings. The number of allylic oxidation sites excluding steroid dienone is 2. The van der Waals surface area contributed by atoms with Crippen molar-refractivity contribution in [1.29, 1.82) is 0 Å². The molecule has 3 heteroatoms. The summed E-state index contributed by atoms with van der Waals surface area (Å²) < 4.78 is 0. The zero-order chi connectivity index (χ0) is 7.02. The second-order valence-electron chi connectivity index (χ2n) is 2.04. The minimum absolute atomic E-state index is 0.294. The van der Waals surface area contributed by atoms with Crippen LogP contribution in [0.4, 0.5) is 0 Å². The monoisotopic (exact) mass is 224 g/mol. The highest BCUT2D eigenvalue weighted by molar-refractivity contribution is 9.64. The fraction of sp³-hybridized carbons (Fsp3) is 0.500. The summed E-state index contributed by atoms with van der Waals surface area (Å²) >= 11 is 3.60. The van der Waals surface area contributed by atoms with Gasteiger partial charge in [-0.2, -0.15) is 0 Å². The fourth-order valence-corrected chi connectivity index (χ4v) is 5.98. The van der Waals surface area contributed by atoms with Gasteiger partial charge in [-0.1, -0.05) is 18.7 Å². The van der Waals surface area contributed by atoms with Crippen molar-refractivity contribution in [2.24, 2.45) is 0 Å². The van der Waals surface area contributed by atoms with E-state index in [0.717, 1.165) is 0 Å². The van der Waals surface area contributed by atoms with Gasteiger partial charge in [0.2, 0.25) is 0 Å². The van der Waals surface area contributed by atoms with E-state index in [1.54, 1.807) is 0 Å². The summed E-state index contributed by atoms with van der Waals surface area (Å²) in [7, 11) is 2.22. The Labute approximate surface area is 69.6 Å². The topological polar surface area (TPSA) is 0 Å². The Kier molecular flexibility index (Phi) is 2.46. The smallest absolute Gasteiger partial charge is 0.00301 e. The van der Waals surface area contributed by atoms with Gasteiger partial charge >= 0.3 is 0 Å². The Hall–Kier alpha value is 0.790. The molecule has 0 bridgehead atoms. The zero-order valence-electron chi connectivity index (χ0n) is 5.69. The first-order chi connectivity index (χ1) is 4.13. The first-order valence-corrected chi connectivity index (χ1v) is 7.13. The predicted molar refractivity (Wildman–Crippen MR) is 53.2 cm³/mol. The van der Waals surface area contributed by atoms with Gasteiger partial charge in [0.05, 0.1) is 0 Å². The third kappa shape index (κ3) is 1.44. The summed E-state index contributed by atoms with van der Waals surface area (Å²) in [5, 5.41) is 0. The molecule has 0 aliphatic carbocycles. The van der Waals surface area contributed by atoms with Crippen molar-refractivity contribution in [3.8, 4) is 0 Å². The summed E-state index contributed by atoms with van der Waals surface area (Å²) in [5.41, 5.74) is 1.47. The SMILES string of the molecule is CC1=C(C)C(C)=S(Br)S1. The molecule has 0 spiro atoms. The van der Waals surface area contributed by atoms with E-state index in [1.165, 1.54) is 15.3 Å². The molecule has 52 valence electrons. The van der Waals surface area contributed by atoms with Crippen LogP contribution in [0.15, 0.2) is 10.5 Å². The van der Waals surface area contributed by atoms with Crippen LogP contribution in [0.2, 0.25) is 0 Å². The highest BCUT2D eigenvalue weighted by Gasteiger charge is 2.12. The van der Waals surface area contributed by atoms with E-state index in [2.05, 4.69) is 35.6 Å². The lowest BCUT2D eigenvalue weighted by molar-refractivity contribution is 1.51. The highest BCUT2D eigenvalue weighted by atomic mass is 79.9. The summed E-state index contributed by atoms with van der Waals surface area (Å²) in [5.74, 6) is 0. The normalized spacial score (nSPS) is 28.0. The third-order valence-corrected chi connectivity index (χ3v) is 7.57. The first kappa shape index (κ1) is 7.89. The quantitative estimate of drug-likeness (QED) is 0.447. The van der Waals surface area contributed by atoms with E-state index in [1.807, 2.05) is 10.8 Å². The second kappa shape index (κ2) is 2.81. The molecule has 1 aliphatic rings. The van der Waals surface area contributed by atoms with Crippen LogP contribution in [0.1, 0.15) is 20.8 Å². The molecule has 1 rings (SSSR count). The Morgan fingerprint density at radius 2 is 1.89 bits per heavy atom. The average Bonchev–Trinajstić information content (AvgIpc) is 1.98. The molecular weight excluding hydrogens is 216 g/mol. The number of rotatable bonds is 0. The summed E-state index contributed by atoms with van der Waals surface area (Å²) in [4.78, 5) is 2.96. The summed E-state index contributed by atoms with van der Waals surface area (Å²) in [6.45, 7) is 6.56. The van der Waals surface area contributed by atoms with Gasteiger partial charge in [0, 0.05) is 0 Å². The van der Waals surface area contributed by atoms with Gasteiger partial charge in [0.15, 0.2) is 0 Å². The minimum atomic E-state index is 0.294. The molecule has 1 aliphatic heterocycles. The predicted octanol–water partition coefficient (Wildman–Crippen LogP) is 3.71. The van der Waals surface area contributed by atoms with Gasteiger partial charge < -0.3 is 0 Å². The summed E-state index contributed by atoms with van der Waals surface area (Å²) in [6.07, 6.45) is 0. The van der Waals surface area contributed by atoms with Gasteiger partial charge in [-0.3, -0.25) is 0 Å². The van der Waals surface area contributed by atoms with Crippen LogP contribution in [0.5, 0.6) is 0 Å². The maximum atomic E-state index is 3.60. The maximum absolute atomic E-state index is 3.60. The van der Waals surface area contributed by atoms with Crippen LogP contribution in [0.3, 0.4) is 0 Å². The van der Waals surface area contributed by atoms with E-state index in [9.17, 15) is 0 Å². The molecule has 0 saturated carbocycles. The molecule has 0 aromatic rings. The van der Waals surface area contributed by atoms with E-state index in [4.69, 9.17) is 0 Å². The Morgan fingerprint density at radius 3 is 2.00 bits per heavy atom. The van der Waals surface area contributed by atoms with Crippen molar-refractivity contribution in [2.45, 2.75) is 20.8 Å². The molecule has 0 aromatic carbocycles. The van der Waals surface area contributed by atoms with Gasteiger partial charge in [-0.15, -0.1) is 0 Å². The second-order valence-corrected chi connectivity index (χ2v) is 8.61. The van der Waals surface area contributed by atoms with Crippen LogP contribution >= 0.6 is 33.6 Å². The third-order valence-electron chi connectivity index (χ3n) is 1.50. The number of halogens is 1. The van der Waals surface area contributed by atoms with E-state index < -0.39 is 0 Å². The lowest BCUT2D eigenvalue weighted by Crippen LogP contribution is -1.86. The molecule has 0 radical (unpaired) electrons. The standard InChI is InChI=1S/C6H9BrS2/c1-4-5(2)8-9(7)6(4)3/h1-3H3. The number of hydrogen-bond acceptors (Lipinski definition) is 1. The first-order valence-electron chi connectivity index (χ1n) is 2.73. The molecule has 0 aromatic heterocycles. The molecular formula is C6H9BrS2. The fourth-order valence-electron chi connectivity index (χ4n) is 0.603. The van der Waals surface area contributed by atoms with Crippen LogP contribution in [0, 0.1) is 0 Å². The Bertz CT molecular complexity index is 181. The van der Waals surface area contributed by atoms with Gasteiger partial charge in [0.25, 0.3) is 0 Å². The van der Waals surface area contributed by atoms with Crippen molar-refractivity contribution in [3.63, 3.8) is 0 Å². The molecule has 0 N–H and O–H groups in total. The van der Waals surface area contributed by atoms with E-state index in [-0.39, 0.29) is 0 Å². The van der Waals surface area contributed by atoms with Crippen molar-refractivity contribution >= 4 is 38.4 Å². The lowest BCUT2D eigenvalue weighted by Gasteiger charge is -1.92. The molecule has 1 unspecified atom stereocenters. The van der Waals surface area contributed by atoms with Gasteiger partial charge in [-0.25, -0.2) is 0 Å². The molecule has 9 heavy (non-hydrogen) atoms. The molecule has 0 amide bonds. The van der Waals surface area contributed by atoms with Crippen LogP contribution in [0.25, 0.3) is 0 Å². The molecule has 1 heterocycles. The van der Waals surface area contributed by atoms with E-state index >= 15 is 0 Å². The van der Waals surface area contributed by atoms with Crippen molar-refractivity contribution < 1.29 is 0 Å². The van der Waals surface area contributed by atoms with Crippen molar-refractivity contribution in [2.75, 3.05) is 0 Å². The lowest BCUT2D eigenvalue weighted by atomic mass is 10.2.